The SMILES string of the molecule is C=C(C)C(=O)NC(CC)C(C(=O)OCC)N(C)C. The van der Waals surface area contributed by atoms with Crippen LogP contribution in [0.15, 0.2) is 12.2 Å². The summed E-state index contributed by atoms with van der Waals surface area (Å²) in [6.45, 7) is 9.23. The fourth-order valence-corrected chi connectivity index (χ4v) is 1.66. The molecule has 0 aliphatic rings. The van der Waals surface area contributed by atoms with E-state index < -0.39 is 6.04 Å². The topological polar surface area (TPSA) is 58.6 Å². The molecule has 0 aromatic rings. The molecule has 0 spiro atoms. The summed E-state index contributed by atoms with van der Waals surface area (Å²) >= 11 is 0. The number of nitrogens with one attached hydrogen (secondary N) is 1. The van der Waals surface area contributed by atoms with Gasteiger partial charge in [-0.05, 0) is 34.4 Å². The third kappa shape index (κ3) is 4.87. The zero-order valence-electron chi connectivity index (χ0n) is 11.9. The number of hydrogen-bond donors (Lipinski definition) is 1. The van der Waals surface area contributed by atoms with Gasteiger partial charge in [0, 0.05) is 5.57 Å². The molecule has 1 amide bonds. The molecule has 5 heteroatoms. The van der Waals surface area contributed by atoms with Crippen molar-refractivity contribution in [3.8, 4) is 0 Å². The van der Waals surface area contributed by atoms with Crippen LogP contribution >= 0.6 is 0 Å². The van der Waals surface area contributed by atoms with E-state index in [1.165, 1.54) is 0 Å². The van der Waals surface area contributed by atoms with Crippen molar-refractivity contribution in [2.75, 3.05) is 20.7 Å². The maximum atomic E-state index is 11.9. The molecule has 0 rings (SSSR count). The monoisotopic (exact) mass is 256 g/mol. The van der Waals surface area contributed by atoms with E-state index in [-0.39, 0.29) is 17.9 Å². The van der Waals surface area contributed by atoms with Gasteiger partial charge in [0.2, 0.25) is 5.91 Å². The summed E-state index contributed by atoms with van der Waals surface area (Å²) in [6.07, 6.45) is 0.640. The van der Waals surface area contributed by atoms with Crippen LogP contribution in [0.25, 0.3) is 0 Å². The Kier molecular flexibility index (Phi) is 7.27. The van der Waals surface area contributed by atoms with Gasteiger partial charge in [-0.1, -0.05) is 13.5 Å². The fraction of sp³-hybridized carbons (Fsp3) is 0.692. The van der Waals surface area contributed by atoms with Crippen LogP contribution in [-0.2, 0) is 14.3 Å². The number of carbonyl (C=O) groups excluding carboxylic acids is 2. The number of hydrogen-bond acceptors (Lipinski definition) is 4. The Morgan fingerprint density at radius 2 is 1.89 bits per heavy atom. The molecule has 1 N–H and O–H groups in total. The van der Waals surface area contributed by atoms with Crippen LogP contribution in [0.4, 0.5) is 0 Å². The van der Waals surface area contributed by atoms with Crippen molar-refractivity contribution in [1.82, 2.24) is 10.2 Å². The molecule has 0 saturated heterocycles. The van der Waals surface area contributed by atoms with Gasteiger partial charge < -0.3 is 10.1 Å². The van der Waals surface area contributed by atoms with Crippen molar-refractivity contribution < 1.29 is 14.3 Å². The molecule has 5 nitrogen and oxygen atoms in total. The average Bonchev–Trinajstić information content (AvgIpc) is 2.27. The lowest BCUT2D eigenvalue weighted by Crippen LogP contribution is -2.53. The second-order valence-corrected chi connectivity index (χ2v) is 4.43. The quantitative estimate of drug-likeness (QED) is 0.544. The van der Waals surface area contributed by atoms with Gasteiger partial charge in [-0.2, -0.15) is 0 Å². The zero-order chi connectivity index (χ0) is 14.3. The molecule has 2 unspecified atom stereocenters. The Morgan fingerprint density at radius 1 is 1.33 bits per heavy atom. The smallest absolute Gasteiger partial charge is 0.325 e. The van der Waals surface area contributed by atoms with E-state index in [0.29, 0.717) is 18.6 Å². The molecule has 0 aromatic heterocycles. The first kappa shape index (κ1) is 16.6. The van der Waals surface area contributed by atoms with Gasteiger partial charge in [0.05, 0.1) is 12.6 Å². The molecule has 0 fully saturated rings. The summed E-state index contributed by atoms with van der Waals surface area (Å²) in [5.41, 5.74) is 0.426. The van der Waals surface area contributed by atoms with Crippen LogP contribution in [0.2, 0.25) is 0 Å². The Labute approximate surface area is 109 Å². The standard InChI is InChI=1S/C13H24N2O3/c1-7-10(14-12(16)9(3)4)11(15(5)6)13(17)18-8-2/h10-11H,3,7-8H2,1-2,4-6H3,(H,14,16). The highest BCUT2D eigenvalue weighted by Crippen LogP contribution is 2.08. The first-order chi connectivity index (χ1) is 8.34. The second kappa shape index (κ2) is 7.87. The summed E-state index contributed by atoms with van der Waals surface area (Å²) in [5, 5.41) is 2.81. The van der Waals surface area contributed by atoms with Crippen LogP contribution in [0.1, 0.15) is 27.2 Å². The van der Waals surface area contributed by atoms with Gasteiger partial charge in [-0.15, -0.1) is 0 Å². The summed E-state index contributed by atoms with van der Waals surface area (Å²) in [4.78, 5) is 25.3. The van der Waals surface area contributed by atoms with E-state index in [1.54, 1.807) is 32.8 Å². The highest BCUT2D eigenvalue weighted by atomic mass is 16.5. The minimum Gasteiger partial charge on any atom is -0.465 e. The largest absolute Gasteiger partial charge is 0.465 e. The lowest BCUT2D eigenvalue weighted by atomic mass is 10.0. The number of rotatable bonds is 7. The van der Waals surface area contributed by atoms with Gasteiger partial charge in [0.1, 0.15) is 6.04 Å². The van der Waals surface area contributed by atoms with Gasteiger partial charge in [0.25, 0.3) is 0 Å². The Hall–Kier alpha value is -1.36. The maximum Gasteiger partial charge on any atom is 0.325 e. The van der Waals surface area contributed by atoms with Crippen molar-refractivity contribution in [2.24, 2.45) is 0 Å². The zero-order valence-corrected chi connectivity index (χ0v) is 11.9. The number of amides is 1. The summed E-state index contributed by atoms with van der Waals surface area (Å²) in [7, 11) is 3.58. The van der Waals surface area contributed by atoms with Crippen molar-refractivity contribution in [2.45, 2.75) is 39.3 Å². The lowest BCUT2D eigenvalue weighted by Gasteiger charge is -2.30. The van der Waals surface area contributed by atoms with Crippen LogP contribution in [0, 0.1) is 0 Å². The van der Waals surface area contributed by atoms with Gasteiger partial charge >= 0.3 is 5.97 Å². The third-order valence-electron chi connectivity index (χ3n) is 2.61. The van der Waals surface area contributed by atoms with Gasteiger partial charge in [0.15, 0.2) is 0 Å². The normalized spacial score (nSPS) is 13.9. The van der Waals surface area contributed by atoms with Gasteiger partial charge in [-0.3, -0.25) is 14.5 Å². The Morgan fingerprint density at radius 3 is 2.22 bits per heavy atom. The number of nitrogens with zero attached hydrogens (tertiary/aromatic N) is 1. The van der Waals surface area contributed by atoms with Crippen molar-refractivity contribution >= 4 is 11.9 Å². The van der Waals surface area contributed by atoms with Crippen molar-refractivity contribution in [1.29, 1.82) is 0 Å². The highest BCUT2D eigenvalue weighted by Gasteiger charge is 2.31. The minimum atomic E-state index is -0.488. The molecular formula is C13H24N2O3. The molecule has 0 aromatic carbocycles. The number of ether oxygens (including phenoxy) is 1. The Balaban J connectivity index is 4.88. The van der Waals surface area contributed by atoms with E-state index in [0.717, 1.165) is 0 Å². The first-order valence-electron chi connectivity index (χ1n) is 6.14. The summed E-state index contributed by atoms with van der Waals surface area (Å²) < 4.78 is 5.04. The second-order valence-electron chi connectivity index (χ2n) is 4.43. The molecule has 104 valence electrons. The molecule has 0 bridgehead atoms. The van der Waals surface area contributed by atoms with Gasteiger partial charge in [-0.25, -0.2) is 0 Å². The lowest BCUT2D eigenvalue weighted by molar-refractivity contribution is -0.149. The van der Waals surface area contributed by atoms with Crippen molar-refractivity contribution in [3.05, 3.63) is 12.2 Å². The minimum absolute atomic E-state index is 0.238. The first-order valence-corrected chi connectivity index (χ1v) is 6.14. The molecule has 0 aliphatic heterocycles. The van der Waals surface area contributed by atoms with E-state index in [9.17, 15) is 9.59 Å². The molecule has 0 heterocycles. The molecular weight excluding hydrogens is 232 g/mol. The number of likely N-dealkylation sites (N-methyl/N-ethyl adjacent to an activating group) is 1. The third-order valence-corrected chi connectivity index (χ3v) is 2.61. The van der Waals surface area contributed by atoms with E-state index in [4.69, 9.17) is 4.74 Å². The molecule has 0 radical (unpaired) electrons. The highest BCUT2D eigenvalue weighted by molar-refractivity contribution is 5.92. The summed E-state index contributed by atoms with van der Waals surface area (Å²) in [5.74, 6) is -0.561. The molecule has 0 saturated carbocycles. The van der Waals surface area contributed by atoms with E-state index in [2.05, 4.69) is 11.9 Å². The fourth-order valence-electron chi connectivity index (χ4n) is 1.66. The maximum absolute atomic E-state index is 11.9. The van der Waals surface area contributed by atoms with E-state index >= 15 is 0 Å². The predicted molar refractivity (Wildman–Crippen MR) is 71.1 cm³/mol. The van der Waals surface area contributed by atoms with Crippen molar-refractivity contribution in [3.63, 3.8) is 0 Å². The van der Waals surface area contributed by atoms with Crippen LogP contribution < -0.4 is 5.32 Å². The van der Waals surface area contributed by atoms with Crippen LogP contribution in [-0.4, -0.2) is 49.6 Å². The number of carbonyl (C=O) groups is 2. The van der Waals surface area contributed by atoms with Crippen LogP contribution in [0.3, 0.4) is 0 Å². The predicted octanol–water partition coefficient (Wildman–Crippen LogP) is 0.951. The molecule has 2 atom stereocenters. The average molecular weight is 256 g/mol. The molecule has 0 aliphatic carbocycles. The van der Waals surface area contributed by atoms with E-state index in [1.807, 2.05) is 6.92 Å². The summed E-state index contributed by atoms with van der Waals surface area (Å²) in [6, 6.07) is -0.776. The Bertz CT molecular complexity index is 313. The van der Waals surface area contributed by atoms with Crippen LogP contribution in [0.5, 0.6) is 0 Å². The number of esters is 1. The molecule has 18 heavy (non-hydrogen) atoms.